The van der Waals surface area contributed by atoms with E-state index in [0.717, 1.165) is 23.4 Å². The van der Waals surface area contributed by atoms with Crippen molar-refractivity contribution in [3.8, 4) is 5.75 Å². The van der Waals surface area contributed by atoms with E-state index in [0.29, 0.717) is 24.4 Å². The number of methoxy groups -OCH3 is 1. The lowest BCUT2D eigenvalue weighted by Crippen LogP contribution is -2.24. The van der Waals surface area contributed by atoms with Crippen LogP contribution < -0.4 is 20.3 Å². The molecule has 1 aliphatic rings. The number of benzene rings is 2. The highest BCUT2D eigenvalue weighted by Crippen LogP contribution is 2.33. The first kappa shape index (κ1) is 16.8. The van der Waals surface area contributed by atoms with Crippen LogP contribution in [0.25, 0.3) is 0 Å². The van der Waals surface area contributed by atoms with Crippen molar-refractivity contribution in [2.45, 2.75) is 19.8 Å². The average Bonchev–Trinajstić information content (AvgIpc) is 3.02. The van der Waals surface area contributed by atoms with Crippen LogP contribution in [0.3, 0.4) is 0 Å². The third-order valence-corrected chi connectivity index (χ3v) is 4.20. The zero-order valence-electron chi connectivity index (χ0n) is 14.3. The van der Waals surface area contributed by atoms with E-state index in [1.165, 1.54) is 0 Å². The molecule has 1 aliphatic heterocycles. The molecular weight excluding hydrogens is 318 g/mol. The van der Waals surface area contributed by atoms with Crippen molar-refractivity contribution in [1.29, 1.82) is 0 Å². The van der Waals surface area contributed by atoms with Gasteiger partial charge in [-0.1, -0.05) is 18.2 Å². The second-order valence-electron chi connectivity index (χ2n) is 5.93. The van der Waals surface area contributed by atoms with Crippen LogP contribution in [0.15, 0.2) is 42.5 Å². The summed E-state index contributed by atoms with van der Waals surface area (Å²) in [7, 11) is 1.55. The number of para-hydroxylation sites is 1. The SMILES string of the molecule is COc1cc(NC(=O)Nc2ccccc2C)ccc1N1CCCC1=O. The van der Waals surface area contributed by atoms with Crippen molar-refractivity contribution < 1.29 is 14.3 Å². The summed E-state index contributed by atoms with van der Waals surface area (Å²) in [5.41, 5.74) is 3.07. The van der Waals surface area contributed by atoms with Gasteiger partial charge in [-0.05, 0) is 37.1 Å². The number of carbonyl (C=O) groups excluding carboxylic acids is 2. The number of ether oxygens (including phenoxy) is 1. The Kier molecular flexibility index (Phi) is 4.88. The minimum atomic E-state index is -0.332. The van der Waals surface area contributed by atoms with E-state index in [9.17, 15) is 9.59 Å². The van der Waals surface area contributed by atoms with Gasteiger partial charge in [0, 0.05) is 30.4 Å². The summed E-state index contributed by atoms with van der Waals surface area (Å²) in [6.07, 6.45) is 1.41. The van der Waals surface area contributed by atoms with Gasteiger partial charge in [-0.2, -0.15) is 0 Å². The molecule has 1 heterocycles. The Balaban J connectivity index is 1.73. The van der Waals surface area contributed by atoms with E-state index in [1.807, 2.05) is 31.2 Å². The lowest BCUT2D eigenvalue weighted by molar-refractivity contribution is -0.117. The second-order valence-corrected chi connectivity index (χ2v) is 5.93. The molecule has 0 radical (unpaired) electrons. The van der Waals surface area contributed by atoms with Gasteiger partial charge < -0.3 is 20.3 Å². The summed E-state index contributed by atoms with van der Waals surface area (Å²) in [6, 6.07) is 12.5. The second kappa shape index (κ2) is 7.25. The average molecular weight is 339 g/mol. The molecule has 0 spiro atoms. The Morgan fingerprint density at radius 2 is 1.96 bits per heavy atom. The third-order valence-electron chi connectivity index (χ3n) is 4.20. The number of nitrogens with zero attached hydrogens (tertiary/aromatic N) is 1. The zero-order chi connectivity index (χ0) is 17.8. The van der Waals surface area contributed by atoms with E-state index < -0.39 is 0 Å². The minimum Gasteiger partial charge on any atom is -0.494 e. The van der Waals surface area contributed by atoms with E-state index in [4.69, 9.17) is 4.74 Å². The van der Waals surface area contributed by atoms with Gasteiger partial charge in [0.25, 0.3) is 0 Å². The number of amides is 3. The molecule has 6 heteroatoms. The predicted molar refractivity (Wildman–Crippen MR) is 98.4 cm³/mol. The van der Waals surface area contributed by atoms with Crippen LogP contribution in [0.1, 0.15) is 18.4 Å². The van der Waals surface area contributed by atoms with E-state index in [1.54, 1.807) is 30.2 Å². The molecule has 1 fully saturated rings. The van der Waals surface area contributed by atoms with Gasteiger partial charge in [0.2, 0.25) is 5.91 Å². The molecule has 0 bridgehead atoms. The molecule has 0 aromatic heterocycles. The van der Waals surface area contributed by atoms with Crippen molar-refractivity contribution in [1.82, 2.24) is 0 Å². The number of aryl methyl sites for hydroxylation is 1. The fraction of sp³-hybridized carbons (Fsp3) is 0.263. The molecule has 0 atom stereocenters. The van der Waals surface area contributed by atoms with Gasteiger partial charge in [-0.25, -0.2) is 4.79 Å². The molecular formula is C19H21N3O3. The quantitative estimate of drug-likeness (QED) is 0.891. The number of nitrogens with one attached hydrogen (secondary N) is 2. The fourth-order valence-electron chi connectivity index (χ4n) is 2.88. The first-order chi connectivity index (χ1) is 12.1. The highest BCUT2D eigenvalue weighted by molar-refractivity contribution is 6.01. The summed E-state index contributed by atoms with van der Waals surface area (Å²) in [5.74, 6) is 0.653. The van der Waals surface area contributed by atoms with Gasteiger partial charge in [-0.15, -0.1) is 0 Å². The summed E-state index contributed by atoms with van der Waals surface area (Å²) in [4.78, 5) is 25.8. The lowest BCUT2D eigenvalue weighted by Gasteiger charge is -2.19. The van der Waals surface area contributed by atoms with Crippen molar-refractivity contribution in [2.75, 3.05) is 29.2 Å². The van der Waals surface area contributed by atoms with Gasteiger partial charge >= 0.3 is 6.03 Å². The van der Waals surface area contributed by atoms with E-state index in [-0.39, 0.29) is 11.9 Å². The summed E-state index contributed by atoms with van der Waals surface area (Å²) in [5, 5.41) is 5.61. The molecule has 2 aromatic rings. The number of urea groups is 1. The van der Waals surface area contributed by atoms with Crippen LogP contribution in [-0.2, 0) is 4.79 Å². The Morgan fingerprint density at radius 3 is 2.64 bits per heavy atom. The van der Waals surface area contributed by atoms with Gasteiger partial charge in [0.15, 0.2) is 0 Å². The van der Waals surface area contributed by atoms with E-state index in [2.05, 4.69) is 10.6 Å². The maximum absolute atomic E-state index is 12.2. The number of hydrogen-bond acceptors (Lipinski definition) is 3. The van der Waals surface area contributed by atoms with Crippen molar-refractivity contribution >= 4 is 29.0 Å². The standard InChI is InChI=1S/C19H21N3O3/c1-13-6-3-4-7-15(13)21-19(24)20-14-9-10-16(17(12-14)25-2)22-11-5-8-18(22)23/h3-4,6-7,9-10,12H,5,8,11H2,1-2H3,(H2,20,21,24). The highest BCUT2D eigenvalue weighted by Gasteiger charge is 2.24. The Labute approximate surface area is 146 Å². The monoisotopic (exact) mass is 339 g/mol. The maximum atomic E-state index is 12.2. The van der Waals surface area contributed by atoms with Gasteiger partial charge in [-0.3, -0.25) is 4.79 Å². The van der Waals surface area contributed by atoms with Crippen LogP contribution in [0.5, 0.6) is 5.75 Å². The van der Waals surface area contributed by atoms with Crippen LogP contribution in [0.2, 0.25) is 0 Å². The number of carbonyl (C=O) groups is 2. The predicted octanol–water partition coefficient (Wildman–Crippen LogP) is 3.77. The third kappa shape index (κ3) is 3.74. The summed E-state index contributed by atoms with van der Waals surface area (Å²) < 4.78 is 5.40. The van der Waals surface area contributed by atoms with E-state index >= 15 is 0 Å². The molecule has 1 saturated heterocycles. The largest absolute Gasteiger partial charge is 0.494 e. The molecule has 25 heavy (non-hydrogen) atoms. The number of hydrogen-bond donors (Lipinski definition) is 2. The van der Waals surface area contributed by atoms with Crippen LogP contribution in [0.4, 0.5) is 21.9 Å². The molecule has 130 valence electrons. The molecule has 0 aliphatic carbocycles. The Morgan fingerprint density at radius 1 is 1.16 bits per heavy atom. The normalized spacial score (nSPS) is 13.7. The van der Waals surface area contributed by atoms with Crippen LogP contribution in [0, 0.1) is 6.92 Å². The molecule has 2 N–H and O–H groups in total. The molecule has 0 saturated carbocycles. The first-order valence-corrected chi connectivity index (χ1v) is 8.20. The Bertz CT molecular complexity index is 804. The number of anilines is 3. The van der Waals surface area contributed by atoms with Gasteiger partial charge in [0.05, 0.1) is 12.8 Å². The maximum Gasteiger partial charge on any atom is 0.323 e. The molecule has 0 unspecified atom stereocenters. The molecule has 6 nitrogen and oxygen atoms in total. The number of rotatable bonds is 4. The van der Waals surface area contributed by atoms with Crippen LogP contribution in [-0.4, -0.2) is 25.6 Å². The highest BCUT2D eigenvalue weighted by atomic mass is 16.5. The van der Waals surface area contributed by atoms with Crippen LogP contribution >= 0.6 is 0 Å². The minimum absolute atomic E-state index is 0.0938. The summed E-state index contributed by atoms with van der Waals surface area (Å²) >= 11 is 0. The molecule has 2 aromatic carbocycles. The van der Waals surface area contributed by atoms with Crippen molar-refractivity contribution in [3.05, 3.63) is 48.0 Å². The van der Waals surface area contributed by atoms with Crippen molar-refractivity contribution in [2.24, 2.45) is 0 Å². The first-order valence-electron chi connectivity index (χ1n) is 8.20. The summed E-state index contributed by atoms with van der Waals surface area (Å²) in [6.45, 7) is 2.62. The lowest BCUT2D eigenvalue weighted by atomic mass is 10.2. The molecule has 3 amide bonds. The topological polar surface area (TPSA) is 70.7 Å². The molecule has 3 rings (SSSR count). The van der Waals surface area contributed by atoms with Gasteiger partial charge in [0.1, 0.15) is 5.75 Å². The fourth-order valence-corrected chi connectivity index (χ4v) is 2.88. The smallest absolute Gasteiger partial charge is 0.323 e. The Hall–Kier alpha value is -3.02. The zero-order valence-corrected chi connectivity index (χ0v) is 14.3. The van der Waals surface area contributed by atoms with Crippen molar-refractivity contribution in [3.63, 3.8) is 0 Å².